The summed E-state index contributed by atoms with van der Waals surface area (Å²) in [7, 11) is 0. The number of ketones is 1. The van der Waals surface area contributed by atoms with Crippen molar-refractivity contribution in [1.29, 1.82) is 0 Å². The third kappa shape index (κ3) is 5.42. The van der Waals surface area contributed by atoms with Crippen molar-refractivity contribution in [2.75, 3.05) is 19.7 Å². The Morgan fingerprint density at radius 3 is 2.14 bits per heavy atom. The topological polar surface area (TPSA) is 46.6 Å². The van der Waals surface area contributed by atoms with Crippen molar-refractivity contribution in [3.8, 4) is 5.75 Å². The van der Waals surface area contributed by atoms with Crippen molar-refractivity contribution < 1.29 is 14.3 Å². The minimum Gasteiger partial charge on any atom is -0.484 e. The molecule has 0 saturated carbocycles. The van der Waals surface area contributed by atoms with Gasteiger partial charge in [-0.3, -0.25) is 9.59 Å². The molecule has 1 aromatic carbocycles. The summed E-state index contributed by atoms with van der Waals surface area (Å²) >= 11 is 0. The Balaban J connectivity index is 2.61. The second-order valence-electron chi connectivity index (χ2n) is 4.81. The van der Waals surface area contributed by atoms with Gasteiger partial charge in [0.2, 0.25) is 0 Å². The van der Waals surface area contributed by atoms with Crippen LogP contribution in [0.15, 0.2) is 29.8 Å². The lowest BCUT2D eigenvalue weighted by Gasteiger charge is -2.18. The molecule has 1 aromatic rings. The molecule has 0 aromatic heterocycles. The van der Waals surface area contributed by atoms with E-state index < -0.39 is 0 Å². The summed E-state index contributed by atoms with van der Waals surface area (Å²) in [6.07, 6.45) is 1.83. The predicted molar refractivity (Wildman–Crippen MR) is 84.2 cm³/mol. The zero-order chi connectivity index (χ0) is 15.8. The van der Waals surface area contributed by atoms with Gasteiger partial charge in [0.15, 0.2) is 12.4 Å². The van der Waals surface area contributed by atoms with E-state index in [4.69, 9.17) is 4.74 Å². The number of Topliss-reactive ketones (excluding diaryl/α,β-unsaturated/α-hetero) is 1. The molecular weight excluding hydrogens is 266 g/mol. The highest BCUT2D eigenvalue weighted by Crippen LogP contribution is 2.15. The van der Waals surface area contributed by atoms with Gasteiger partial charge in [-0.15, -0.1) is 0 Å². The molecule has 0 fully saturated rings. The van der Waals surface area contributed by atoms with E-state index in [2.05, 4.69) is 0 Å². The molecule has 0 unspecified atom stereocenters. The number of carbonyl (C=O) groups is 2. The molecule has 0 saturated heterocycles. The number of rotatable bonds is 7. The maximum absolute atomic E-state index is 11.8. The van der Waals surface area contributed by atoms with E-state index in [1.807, 2.05) is 32.1 Å². The first-order valence-corrected chi connectivity index (χ1v) is 7.17. The maximum Gasteiger partial charge on any atom is 0.260 e. The van der Waals surface area contributed by atoms with Crippen LogP contribution >= 0.6 is 0 Å². The number of hydrogen-bond acceptors (Lipinski definition) is 3. The summed E-state index contributed by atoms with van der Waals surface area (Å²) < 4.78 is 5.48. The normalized spacial score (nSPS) is 11.1. The summed E-state index contributed by atoms with van der Waals surface area (Å²) in [4.78, 5) is 24.7. The average molecular weight is 289 g/mol. The molecule has 114 valence electrons. The van der Waals surface area contributed by atoms with Crippen LogP contribution in [0.2, 0.25) is 0 Å². The molecule has 21 heavy (non-hydrogen) atoms. The first-order valence-electron chi connectivity index (χ1n) is 7.17. The van der Waals surface area contributed by atoms with Crippen molar-refractivity contribution in [1.82, 2.24) is 4.90 Å². The summed E-state index contributed by atoms with van der Waals surface area (Å²) in [5, 5.41) is 0. The van der Waals surface area contributed by atoms with E-state index in [1.165, 1.54) is 0 Å². The molecule has 1 amide bonds. The monoisotopic (exact) mass is 289 g/mol. The Hall–Kier alpha value is -2.10. The van der Waals surface area contributed by atoms with Crippen molar-refractivity contribution in [3.05, 3.63) is 35.4 Å². The number of nitrogens with zero attached hydrogens (tertiary/aromatic N) is 1. The highest BCUT2D eigenvalue weighted by atomic mass is 16.5. The first kappa shape index (κ1) is 17.0. The van der Waals surface area contributed by atoms with E-state index in [1.54, 1.807) is 30.9 Å². The molecule has 0 bridgehead atoms. The van der Waals surface area contributed by atoms with E-state index in [9.17, 15) is 9.59 Å². The Morgan fingerprint density at radius 1 is 1.10 bits per heavy atom. The fraction of sp³-hybridized carbons (Fsp3) is 0.412. The zero-order valence-corrected chi connectivity index (χ0v) is 13.2. The molecule has 0 atom stereocenters. The molecule has 0 N–H and O–H groups in total. The van der Waals surface area contributed by atoms with E-state index >= 15 is 0 Å². The predicted octanol–water partition coefficient (Wildman–Crippen LogP) is 2.93. The Morgan fingerprint density at radius 2 is 1.67 bits per heavy atom. The molecule has 4 nitrogen and oxygen atoms in total. The second kappa shape index (κ2) is 8.25. The third-order valence-corrected chi connectivity index (χ3v) is 3.30. The number of allylic oxidation sites excluding steroid dienone is 1. The van der Waals surface area contributed by atoms with Gasteiger partial charge < -0.3 is 9.64 Å². The lowest BCUT2D eigenvalue weighted by atomic mass is 10.1. The molecular formula is C17H23NO3. The molecule has 0 spiro atoms. The van der Waals surface area contributed by atoms with Gasteiger partial charge in [0.25, 0.3) is 5.91 Å². The zero-order valence-electron chi connectivity index (χ0n) is 13.2. The van der Waals surface area contributed by atoms with Crippen LogP contribution in [0.4, 0.5) is 0 Å². The van der Waals surface area contributed by atoms with Crippen molar-refractivity contribution in [3.63, 3.8) is 0 Å². The fourth-order valence-electron chi connectivity index (χ4n) is 1.82. The Kier molecular flexibility index (Phi) is 6.66. The van der Waals surface area contributed by atoms with Crippen LogP contribution in [0.1, 0.15) is 33.3 Å². The van der Waals surface area contributed by atoms with Crippen LogP contribution in [0.5, 0.6) is 5.75 Å². The largest absolute Gasteiger partial charge is 0.484 e. The number of benzene rings is 1. The van der Waals surface area contributed by atoms with Crippen LogP contribution in [0.3, 0.4) is 0 Å². The van der Waals surface area contributed by atoms with Gasteiger partial charge in [0.1, 0.15) is 5.75 Å². The van der Waals surface area contributed by atoms with Crippen molar-refractivity contribution in [2.24, 2.45) is 0 Å². The van der Waals surface area contributed by atoms with Gasteiger partial charge in [-0.25, -0.2) is 0 Å². The van der Waals surface area contributed by atoms with Crippen LogP contribution in [0.25, 0.3) is 6.08 Å². The first-order chi connectivity index (χ1) is 9.97. The number of hydrogen-bond donors (Lipinski definition) is 0. The summed E-state index contributed by atoms with van der Waals surface area (Å²) in [5.74, 6) is 0.685. The molecule has 4 heteroatoms. The van der Waals surface area contributed by atoms with Crippen LogP contribution < -0.4 is 4.74 Å². The lowest BCUT2D eigenvalue weighted by molar-refractivity contribution is -0.133. The van der Waals surface area contributed by atoms with E-state index in [0.29, 0.717) is 24.4 Å². The third-order valence-electron chi connectivity index (χ3n) is 3.30. The van der Waals surface area contributed by atoms with Crippen LogP contribution in [0, 0.1) is 0 Å². The minimum absolute atomic E-state index is 0.0172. The van der Waals surface area contributed by atoms with E-state index in [0.717, 1.165) is 5.56 Å². The lowest BCUT2D eigenvalue weighted by Crippen LogP contribution is -2.34. The van der Waals surface area contributed by atoms with Crippen molar-refractivity contribution >= 4 is 17.8 Å². The number of carbonyl (C=O) groups excluding carboxylic acids is 2. The quantitative estimate of drug-likeness (QED) is 0.725. The molecule has 0 radical (unpaired) electrons. The van der Waals surface area contributed by atoms with Crippen LogP contribution in [-0.4, -0.2) is 36.3 Å². The summed E-state index contributed by atoms with van der Waals surface area (Å²) in [6, 6.07) is 7.33. The van der Waals surface area contributed by atoms with Gasteiger partial charge >= 0.3 is 0 Å². The standard InChI is InChI=1S/C17H23NO3/c1-5-18(6-2)17(20)12-21-16-9-7-15(8-10-16)11-13(3)14(4)19/h7-11H,5-6,12H2,1-4H3/b13-11-. The summed E-state index contributed by atoms with van der Waals surface area (Å²) in [5.41, 5.74) is 1.64. The average Bonchev–Trinajstić information content (AvgIpc) is 2.47. The van der Waals surface area contributed by atoms with Gasteiger partial charge in [0, 0.05) is 13.1 Å². The number of ether oxygens (including phenoxy) is 1. The van der Waals surface area contributed by atoms with Gasteiger partial charge in [0.05, 0.1) is 0 Å². The SMILES string of the molecule is CCN(CC)C(=O)COc1ccc(/C=C(/C)C(C)=O)cc1. The second-order valence-corrected chi connectivity index (χ2v) is 4.81. The van der Waals surface area contributed by atoms with Gasteiger partial charge in [-0.1, -0.05) is 12.1 Å². The fourth-order valence-corrected chi connectivity index (χ4v) is 1.82. The van der Waals surface area contributed by atoms with Gasteiger partial charge in [-0.2, -0.15) is 0 Å². The van der Waals surface area contributed by atoms with E-state index in [-0.39, 0.29) is 18.3 Å². The molecule has 1 rings (SSSR count). The van der Waals surface area contributed by atoms with Crippen molar-refractivity contribution in [2.45, 2.75) is 27.7 Å². The Labute approximate surface area is 126 Å². The highest BCUT2D eigenvalue weighted by Gasteiger charge is 2.09. The smallest absolute Gasteiger partial charge is 0.260 e. The van der Waals surface area contributed by atoms with Crippen LogP contribution in [-0.2, 0) is 9.59 Å². The molecule has 0 aliphatic rings. The molecule has 0 aliphatic heterocycles. The summed E-state index contributed by atoms with van der Waals surface area (Å²) in [6.45, 7) is 8.64. The molecule has 0 aliphatic carbocycles. The highest BCUT2D eigenvalue weighted by molar-refractivity contribution is 5.97. The van der Waals surface area contributed by atoms with Gasteiger partial charge in [-0.05, 0) is 57.0 Å². The number of likely N-dealkylation sites (N-methyl/N-ethyl adjacent to an activating group) is 1. The minimum atomic E-state index is -0.0172. The number of amides is 1. The Bertz CT molecular complexity index is 513. The molecule has 0 heterocycles. The maximum atomic E-state index is 11.8.